The molecule has 0 aliphatic heterocycles. The maximum absolute atomic E-state index is 5.63. The Morgan fingerprint density at radius 1 is 1.05 bits per heavy atom. The first-order valence-electron chi connectivity index (χ1n) is 5.80. The van der Waals surface area contributed by atoms with E-state index in [2.05, 4.69) is 51.3 Å². The molecule has 3 rings (SSSR count). The van der Waals surface area contributed by atoms with E-state index in [1.54, 1.807) is 0 Å². The second-order valence-electron chi connectivity index (χ2n) is 4.13. The van der Waals surface area contributed by atoms with E-state index >= 15 is 0 Å². The van der Waals surface area contributed by atoms with Crippen molar-refractivity contribution in [3.05, 3.63) is 57.5 Å². The molecule has 0 bridgehead atoms. The molecule has 1 aromatic heterocycles. The number of hydrogen-bond acceptors (Lipinski definition) is 3. The number of rotatable bonds is 2. The molecule has 0 amide bonds. The Balaban J connectivity index is 2.06. The lowest BCUT2D eigenvalue weighted by Crippen LogP contribution is -1.82. The van der Waals surface area contributed by atoms with Crippen LogP contribution in [-0.2, 0) is 0 Å². The fourth-order valence-electron chi connectivity index (χ4n) is 1.98. The lowest BCUT2D eigenvalue weighted by Gasteiger charge is -2.04. The smallest absolute Gasteiger partial charge is 0.180 e. The van der Waals surface area contributed by atoms with E-state index in [9.17, 15) is 0 Å². The Kier molecular flexibility index (Phi) is 3.36. The van der Waals surface area contributed by atoms with Crippen LogP contribution in [0, 0.1) is 0 Å². The molecule has 1 heterocycles. The highest BCUT2D eigenvalue weighted by Crippen LogP contribution is 2.28. The molecule has 4 heteroatoms. The molecule has 2 N–H and O–H groups in total. The second-order valence-corrected chi connectivity index (χ2v) is 5.87. The van der Waals surface area contributed by atoms with Crippen LogP contribution < -0.4 is 5.73 Å². The van der Waals surface area contributed by atoms with Gasteiger partial charge in [0.2, 0.25) is 0 Å². The van der Waals surface area contributed by atoms with Gasteiger partial charge in [-0.1, -0.05) is 52.3 Å². The Morgan fingerprint density at radius 3 is 2.58 bits per heavy atom. The Hall–Kier alpha value is -1.65. The van der Waals surface area contributed by atoms with Gasteiger partial charge in [0.1, 0.15) is 0 Å². The van der Waals surface area contributed by atoms with Crippen LogP contribution in [0.1, 0.15) is 11.3 Å². The van der Waals surface area contributed by atoms with Gasteiger partial charge in [0, 0.05) is 9.85 Å². The number of aromatic nitrogens is 1. The number of fused-ring (bicyclic) bond motifs is 1. The summed E-state index contributed by atoms with van der Waals surface area (Å²) in [6.07, 6.45) is 4.06. The molecule has 94 valence electrons. The maximum atomic E-state index is 5.63. The number of thiazole rings is 1. The minimum atomic E-state index is 0.598. The van der Waals surface area contributed by atoms with E-state index < -0.39 is 0 Å². The molecule has 0 saturated carbocycles. The molecule has 0 saturated heterocycles. The van der Waals surface area contributed by atoms with E-state index in [0.717, 1.165) is 10.2 Å². The van der Waals surface area contributed by atoms with Gasteiger partial charge in [-0.15, -0.1) is 11.3 Å². The van der Waals surface area contributed by atoms with Crippen LogP contribution in [0.15, 0.2) is 46.3 Å². The summed E-state index contributed by atoms with van der Waals surface area (Å²) in [5.41, 5.74) is 7.69. The minimum Gasteiger partial charge on any atom is -0.375 e. The van der Waals surface area contributed by atoms with Crippen LogP contribution in [0.3, 0.4) is 0 Å². The van der Waals surface area contributed by atoms with Gasteiger partial charge in [0.05, 0.1) is 5.69 Å². The molecule has 3 aromatic rings. The van der Waals surface area contributed by atoms with E-state index in [4.69, 9.17) is 5.73 Å². The summed E-state index contributed by atoms with van der Waals surface area (Å²) in [6.45, 7) is 0. The minimum absolute atomic E-state index is 0.598. The van der Waals surface area contributed by atoms with Gasteiger partial charge in [-0.3, -0.25) is 0 Å². The molecule has 0 fully saturated rings. The van der Waals surface area contributed by atoms with E-state index in [1.807, 2.05) is 23.6 Å². The first-order chi connectivity index (χ1) is 9.24. The summed E-state index contributed by atoms with van der Waals surface area (Å²) >= 11 is 5.03. The molecule has 2 nitrogen and oxygen atoms in total. The second kappa shape index (κ2) is 5.15. The largest absolute Gasteiger partial charge is 0.375 e. The van der Waals surface area contributed by atoms with Gasteiger partial charge in [0.15, 0.2) is 5.13 Å². The van der Waals surface area contributed by atoms with Crippen LogP contribution in [0.25, 0.3) is 22.9 Å². The van der Waals surface area contributed by atoms with E-state index in [1.165, 1.54) is 27.7 Å². The van der Waals surface area contributed by atoms with Gasteiger partial charge in [-0.05, 0) is 28.5 Å². The van der Waals surface area contributed by atoms with Crippen molar-refractivity contribution in [2.75, 3.05) is 5.73 Å². The summed E-state index contributed by atoms with van der Waals surface area (Å²) in [7, 11) is 0. The van der Waals surface area contributed by atoms with Crippen molar-refractivity contribution >= 4 is 55.3 Å². The van der Waals surface area contributed by atoms with Crippen molar-refractivity contribution in [3.8, 4) is 0 Å². The average molecular weight is 331 g/mol. The quantitative estimate of drug-likeness (QED) is 0.732. The number of benzene rings is 2. The fraction of sp³-hybridized carbons (Fsp3) is 0. The molecule has 0 atom stereocenters. The highest BCUT2D eigenvalue weighted by atomic mass is 79.9. The molecule has 0 spiro atoms. The molecule has 0 aliphatic carbocycles. The van der Waals surface area contributed by atoms with Crippen LogP contribution in [0.4, 0.5) is 5.13 Å². The number of anilines is 1. The van der Waals surface area contributed by atoms with Crippen molar-refractivity contribution in [3.63, 3.8) is 0 Å². The van der Waals surface area contributed by atoms with Crippen LogP contribution in [0.5, 0.6) is 0 Å². The number of hydrogen-bond donors (Lipinski definition) is 1. The average Bonchev–Trinajstić information content (AvgIpc) is 2.84. The lowest BCUT2D eigenvalue weighted by molar-refractivity contribution is 1.39. The molecule has 2 aromatic carbocycles. The van der Waals surface area contributed by atoms with Crippen molar-refractivity contribution in [1.82, 2.24) is 4.98 Å². The van der Waals surface area contributed by atoms with Gasteiger partial charge in [0.25, 0.3) is 0 Å². The van der Waals surface area contributed by atoms with Gasteiger partial charge in [-0.2, -0.15) is 0 Å². The summed E-state index contributed by atoms with van der Waals surface area (Å²) in [6, 6.07) is 12.5. The molecule has 19 heavy (non-hydrogen) atoms. The number of nitrogen functional groups attached to an aromatic ring is 1. The number of nitrogens with zero attached hydrogens (tertiary/aromatic N) is 1. The lowest BCUT2D eigenvalue weighted by atomic mass is 10.0. The van der Waals surface area contributed by atoms with Crippen molar-refractivity contribution in [2.45, 2.75) is 0 Å². The van der Waals surface area contributed by atoms with Gasteiger partial charge in [-0.25, -0.2) is 4.98 Å². The Morgan fingerprint density at radius 2 is 1.84 bits per heavy atom. The monoisotopic (exact) mass is 330 g/mol. The number of nitrogens with two attached hydrogens (primary N) is 1. The zero-order valence-corrected chi connectivity index (χ0v) is 12.4. The molecule has 0 unspecified atom stereocenters. The summed E-state index contributed by atoms with van der Waals surface area (Å²) in [4.78, 5) is 4.22. The Labute approximate surface area is 123 Å². The number of halogens is 1. The van der Waals surface area contributed by atoms with E-state index in [-0.39, 0.29) is 0 Å². The van der Waals surface area contributed by atoms with Crippen molar-refractivity contribution in [1.29, 1.82) is 0 Å². The van der Waals surface area contributed by atoms with Gasteiger partial charge < -0.3 is 5.73 Å². The summed E-state index contributed by atoms with van der Waals surface area (Å²) in [5, 5.41) is 4.98. The molecule has 0 radical (unpaired) electrons. The summed E-state index contributed by atoms with van der Waals surface area (Å²) in [5.74, 6) is 0. The Bertz CT molecular complexity index is 762. The van der Waals surface area contributed by atoms with Crippen LogP contribution in [-0.4, -0.2) is 4.98 Å². The third-order valence-electron chi connectivity index (χ3n) is 2.88. The normalized spacial score (nSPS) is 11.4. The maximum Gasteiger partial charge on any atom is 0.180 e. The highest BCUT2D eigenvalue weighted by molar-refractivity contribution is 9.10. The zero-order valence-electron chi connectivity index (χ0n) is 10.0. The summed E-state index contributed by atoms with van der Waals surface area (Å²) < 4.78 is 1.11. The first-order valence-corrected chi connectivity index (χ1v) is 7.47. The third-order valence-corrected chi connectivity index (χ3v) is 4.26. The van der Waals surface area contributed by atoms with Crippen molar-refractivity contribution < 1.29 is 0 Å². The standard InChI is InChI=1S/C15H11BrN2S/c16-14-8-6-10(12-3-1-2-4-13(12)14)5-7-11-9-19-15(17)18-11/h1-9H,(H2,17,18). The fourth-order valence-corrected chi connectivity index (χ4v) is 2.99. The molecule has 0 aliphatic rings. The zero-order chi connectivity index (χ0) is 13.2. The first kappa shape index (κ1) is 12.4. The van der Waals surface area contributed by atoms with Crippen LogP contribution in [0.2, 0.25) is 0 Å². The molecular formula is C15H11BrN2S. The van der Waals surface area contributed by atoms with Gasteiger partial charge >= 0.3 is 0 Å². The predicted octanol–water partition coefficient (Wildman–Crippen LogP) is 4.81. The highest BCUT2D eigenvalue weighted by Gasteiger charge is 2.01. The third kappa shape index (κ3) is 2.55. The van der Waals surface area contributed by atoms with E-state index in [0.29, 0.717) is 5.13 Å². The molecular weight excluding hydrogens is 320 g/mol. The predicted molar refractivity (Wildman–Crippen MR) is 87.1 cm³/mol. The topological polar surface area (TPSA) is 38.9 Å². The SMILES string of the molecule is Nc1nc(C=Cc2ccc(Br)c3ccccc23)cs1. The van der Waals surface area contributed by atoms with Crippen molar-refractivity contribution in [2.24, 2.45) is 0 Å². The van der Waals surface area contributed by atoms with Crippen LogP contribution >= 0.6 is 27.3 Å².